The molecule has 0 aliphatic carbocycles. The Morgan fingerprint density at radius 3 is 2.41 bits per heavy atom. The zero-order valence-electron chi connectivity index (χ0n) is 18.3. The van der Waals surface area contributed by atoms with Crippen LogP contribution in [0.15, 0.2) is 24.3 Å². The summed E-state index contributed by atoms with van der Waals surface area (Å²) in [5.74, 6) is -0.647. The van der Waals surface area contributed by atoms with Crippen molar-refractivity contribution in [2.75, 3.05) is 26.2 Å². The lowest BCUT2D eigenvalue weighted by Crippen LogP contribution is -2.57. The number of imide groups is 1. The van der Waals surface area contributed by atoms with E-state index in [1.807, 2.05) is 6.92 Å². The SMILES string of the molecule is CCC(=O)N1CCC2(CC1)NC(=O)N(C1CCCN(C(=O)Cc3ccc(F)cc3)C1)C2=O. The number of nitrogens with one attached hydrogen (secondary N) is 1. The summed E-state index contributed by atoms with van der Waals surface area (Å²) >= 11 is 0. The van der Waals surface area contributed by atoms with E-state index in [9.17, 15) is 23.6 Å². The van der Waals surface area contributed by atoms with Crippen molar-refractivity contribution in [1.82, 2.24) is 20.0 Å². The van der Waals surface area contributed by atoms with Gasteiger partial charge < -0.3 is 15.1 Å². The lowest BCUT2D eigenvalue weighted by molar-refractivity contribution is -0.141. The number of piperidine rings is 2. The monoisotopic (exact) mass is 444 g/mol. The summed E-state index contributed by atoms with van der Waals surface area (Å²) in [6, 6.07) is 5.05. The fourth-order valence-electron chi connectivity index (χ4n) is 4.95. The molecule has 172 valence electrons. The summed E-state index contributed by atoms with van der Waals surface area (Å²) in [5.41, 5.74) is -0.233. The lowest BCUT2D eigenvalue weighted by Gasteiger charge is -2.39. The smallest absolute Gasteiger partial charge is 0.325 e. The van der Waals surface area contributed by atoms with Gasteiger partial charge in [-0.2, -0.15) is 0 Å². The molecule has 3 saturated heterocycles. The highest BCUT2D eigenvalue weighted by molar-refractivity contribution is 6.07. The molecule has 1 aromatic carbocycles. The number of benzene rings is 1. The van der Waals surface area contributed by atoms with E-state index in [0.717, 1.165) is 5.56 Å². The van der Waals surface area contributed by atoms with Crippen molar-refractivity contribution in [3.05, 3.63) is 35.6 Å². The minimum absolute atomic E-state index is 0.0519. The van der Waals surface area contributed by atoms with E-state index in [4.69, 9.17) is 0 Å². The van der Waals surface area contributed by atoms with Gasteiger partial charge in [0.25, 0.3) is 5.91 Å². The van der Waals surface area contributed by atoms with Crippen LogP contribution in [0.2, 0.25) is 0 Å². The highest BCUT2D eigenvalue weighted by Crippen LogP contribution is 2.32. The van der Waals surface area contributed by atoms with Gasteiger partial charge in [0, 0.05) is 32.6 Å². The molecule has 5 amide bonds. The number of hydrogen-bond acceptors (Lipinski definition) is 4. The molecule has 1 atom stereocenters. The van der Waals surface area contributed by atoms with Crippen LogP contribution in [0.1, 0.15) is 44.6 Å². The summed E-state index contributed by atoms with van der Waals surface area (Å²) in [6.45, 7) is 3.57. The molecule has 3 fully saturated rings. The zero-order chi connectivity index (χ0) is 22.9. The van der Waals surface area contributed by atoms with Crippen molar-refractivity contribution in [2.45, 2.75) is 57.0 Å². The molecule has 0 saturated carbocycles. The third-order valence-corrected chi connectivity index (χ3v) is 6.85. The normalized spacial score (nSPS) is 22.9. The first kappa shape index (κ1) is 22.2. The first-order valence-corrected chi connectivity index (χ1v) is 11.3. The average molecular weight is 445 g/mol. The number of nitrogens with zero attached hydrogens (tertiary/aromatic N) is 3. The Balaban J connectivity index is 1.40. The van der Waals surface area contributed by atoms with Gasteiger partial charge in [0.05, 0.1) is 12.5 Å². The number of amides is 5. The molecule has 9 heteroatoms. The topological polar surface area (TPSA) is 90.0 Å². The Hall–Kier alpha value is -2.97. The van der Waals surface area contributed by atoms with E-state index in [2.05, 4.69) is 5.32 Å². The second kappa shape index (κ2) is 8.88. The second-order valence-corrected chi connectivity index (χ2v) is 8.86. The van der Waals surface area contributed by atoms with Crippen LogP contribution in [0.4, 0.5) is 9.18 Å². The molecule has 0 aromatic heterocycles. The zero-order valence-corrected chi connectivity index (χ0v) is 18.3. The predicted molar refractivity (Wildman–Crippen MR) is 114 cm³/mol. The van der Waals surface area contributed by atoms with E-state index in [0.29, 0.717) is 58.3 Å². The van der Waals surface area contributed by atoms with Gasteiger partial charge in [-0.15, -0.1) is 0 Å². The van der Waals surface area contributed by atoms with Crippen molar-refractivity contribution < 1.29 is 23.6 Å². The van der Waals surface area contributed by atoms with Crippen molar-refractivity contribution in [2.24, 2.45) is 0 Å². The van der Waals surface area contributed by atoms with Crippen molar-refractivity contribution >= 4 is 23.8 Å². The Kier molecular flexibility index (Phi) is 6.17. The maximum absolute atomic E-state index is 13.3. The largest absolute Gasteiger partial charge is 0.343 e. The van der Waals surface area contributed by atoms with Crippen LogP contribution in [-0.2, 0) is 20.8 Å². The molecule has 4 rings (SSSR count). The standard InChI is InChI=1S/C23H29FN4O4/c1-2-19(29)26-12-9-23(10-13-26)21(31)28(22(32)25-23)18-4-3-11-27(15-18)20(30)14-16-5-7-17(24)8-6-16/h5-8,18H,2-4,9-15H2,1H3,(H,25,32). The Morgan fingerprint density at radius 2 is 1.75 bits per heavy atom. The molecule has 8 nitrogen and oxygen atoms in total. The third-order valence-electron chi connectivity index (χ3n) is 6.85. The van der Waals surface area contributed by atoms with Gasteiger partial charge in [-0.05, 0) is 43.4 Å². The number of urea groups is 1. The maximum atomic E-state index is 13.3. The van der Waals surface area contributed by atoms with Gasteiger partial charge in [-0.25, -0.2) is 9.18 Å². The van der Waals surface area contributed by atoms with E-state index in [1.54, 1.807) is 21.9 Å². The van der Waals surface area contributed by atoms with Gasteiger partial charge >= 0.3 is 6.03 Å². The van der Waals surface area contributed by atoms with Crippen LogP contribution >= 0.6 is 0 Å². The van der Waals surface area contributed by atoms with Crippen LogP contribution in [0.25, 0.3) is 0 Å². The first-order chi connectivity index (χ1) is 15.3. The van der Waals surface area contributed by atoms with Crippen LogP contribution in [0, 0.1) is 5.82 Å². The molecule has 1 spiro atoms. The Bertz CT molecular complexity index is 911. The van der Waals surface area contributed by atoms with Crippen LogP contribution in [-0.4, -0.2) is 76.2 Å². The van der Waals surface area contributed by atoms with Gasteiger partial charge in [-0.3, -0.25) is 19.3 Å². The highest BCUT2D eigenvalue weighted by atomic mass is 19.1. The quantitative estimate of drug-likeness (QED) is 0.716. The van der Waals surface area contributed by atoms with Crippen molar-refractivity contribution in [3.8, 4) is 0 Å². The second-order valence-electron chi connectivity index (χ2n) is 8.86. The molecule has 1 unspecified atom stereocenters. The van der Waals surface area contributed by atoms with Gasteiger partial charge in [-0.1, -0.05) is 19.1 Å². The van der Waals surface area contributed by atoms with Gasteiger partial charge in [0.1, 0.15) is 11.4 Å². The van der Waals surface area contributed by atoms with E-state index in [-0.39, 0.29) is 36.0 Å². The van der Waals surface area contributed by atoms with Gasteiger partial charge in [0.15, 0.2) is 0 Å². The summed E-state index contributed by atoms with van der Waals surface area (Å²) in [4.78, 5) is 55.6. The van der Waals surface area contributed by atoms with E-state index >= 15 is 0 Å². The predicted octanol–water partition coefficient (Wildman–Crippen LogP) is 1.68. The minimum Gasteiger partial charge on any atom is -0.343 e. The van der Waals surface area contributed by atoms with Crippen LogP contribution < -0.4 is 5.32 Å². The summed E-state index contributed by atoms with van der Waals surface area (Å²) < 4.78 is 13.1. The van der Waals surface area contributed by atoms with Crippen molar-refractivity contribution in [3.63, 3.8) is 0 Å². The van der Waals surface area contributed by atoms with E-state index < -0.39 is 11.6 Å². The number of carbonyl (C=O) groups is 4. The molecule has 1 N–H and O–H groups in total. The summed E-state index contributed by atoms with van der Waals surface area (Å²) in [6.07, 6.45) is 2.72. The summed E-state index contributed by atoms with van der Waals surface area (Å²) in [5, 5.41) is 2.89. The third kappa shape index (κ3) is 4.20. The van der Waals surface area contributed by atoms with Crippen molar-refractivity contribution in [1.29, 1.82) is 0 Å². The minimum atomic E-state index is -0.956. The molecule has 3 aliphatic heterocycles. The molecule has 1 aromatic rings. The Morgan fingerprint density at radius 1 is 1.06 bits per heavy atom. The Labute approximate surface area is 186 Å². The molecule has 3 aliphatic rings. The molecule has 3 heterocycles. The summed E-state index contributed by atoms with van der Waals surface area (Å²) in [7, 11) is 0. The van der Waals surface area contributed by atoms with Crippen LogP contribution in [0.3, 0.4) is 0 Å². The number of hydrogen-bond donors (Lipinski definition) is 1. The molecular weight excluding hydrogens is 415 g/mol. The average Bonchev–Trinajstić information content (AvgIpc) is 3.04. The molecular formula is C23H29FN4O4. The number of rotatable bonds is 4. The van der Waals surface area contributed by atoms with E-state index in [1.165, 1.54) is 17.0 Å². The first-order valence-electron chi connectivity index (χ1n) is 11.3. The molecule has 0 radical (unpaired) electrons. The van der Waals surface area contributed by atoms with Crippen LogP contribution in [0.5, 0.6) is 0 Å². The fraction of sp³-hybridized carbons (Fsp3) is 0.565. The van der Waals surface area contributed by atoms with Gasteiger partial charge in [0.2, 0.25) is 11.8 Å². The number of halogens is 1. The molecule has 0 bridgehead atoms. The lowest BCUT2D eigenvalue weighted by atomic mass is 9.87. The highest BCUT2D eigenvalue weighted by Gasteiger charge is 2.54. The maximum Gasteiger partial charge on any atom is 0.325 e. The number of carbonyl (C=O) groups excluding carboxylic acids is 4. The number of likely N-dealkylation sites (tertiary alicyclic amines) is 2. The molecule has 32 heavy (non-hydrogen) atoms. The fourth-order valence-corrected chi connectivity index (χ4v) is 4.95.